The molecule has 2 N–H and O–H groups in total. The van der Waals surface area contributed by atoms with Gasteiger partial charge in [0.05, 0.1) is 31.6 Å². The molecule has 0 aliphatic rings. The Labute approximate surface area is 162 Å². The van der Waals surface area contributed by atoms with Crippen LogP contribution in [0.4, 0.5) is 23.1 Å². The van der Waals surface area contributed by atoms with Crippen LogP contribution in [0.15, 0.2) is 67.0 Å². The van der Waals surface area contributed by atoms with Gasteiger partial charge in [0.15, 0.2) is 11.5 Å². The SMILES string of the molecule is COc1cc2nc(Nc3cccnc3)nc(Nc3ccccc3)c2cc1OC. The zero-order chi connectivity index (χ0) is 19.3. The molecule has 4 rings (SSSR count). The minimum Gasteiger partial charge on any atom is -0.493 e. The van der Waals surface area contributed by atoms with Crippen LogP contribution in [-0.2, 0) is 0 Å². The number of aromatic nitrogens is 3. The molecule has 0 unspecified atom stereocenters. The van der Waals surface area contributed by atoms with Crippen molar-refractivity contribution in [2.45, 2.75) is 0 Å². The lowest BCUT2D eigenvalue weighted by Gasteiger charge is -2.14. The first kappa shape index (κ1) is 17.5. The average Bonchev–Trinajstić information content (AvgIpc) is 2.74. The maximum atomic E-state index is 5.44. The van der Waals surface area contributed by atoms with E-state index >= 15 is 0 Å². The third-order valence-corrected chi connectivity index (χ3v) is 4.16. The molecule has 0 saturated carbocycles. The highest BCUT2D eigenvalue weighted by molar-refractivity contribution is 5.94. The third kappa shape index (κ3) is 3.64. The van der Waals surface area contributed by atoms with Crippen molar-refractivity contribution in [2.75, 3.05) is 24.9 Å². The second-order valence-corrected chi connectivity index (χ2v) is 5.98. The number of ether oxygens (including phenoxy) is 2. The van der Waals surface area contributed by atoms with Gasteiger partial charge in [0, 0.05) is 23.3 Å². The Morgan fingerprint density at radius 2 is 1.54 bits per heavy atom. The molecule has 28 heavy (non-hydrogen) atoms. The van der Waals surface area contributed by atoms with Crippen molar-refractivity contribution >= 4 is 34.0 Å². The fourth-order valence-electron chi connectivity index (χ4n) is 2.83. The zero-order valence-electron chi connectivity index (χ0n) is 15.5. The summed E-state index contributed by atoms with van der Waals surface area (Å²) in [5.74, 6) is 2.32. The first-order valence-corrected chi connectivity index (χ1v) is 8.69. The van der Waals surface area contributed by atoms with Crippen molar-refractivity contribution < 1.29 is 9.47 Å². The number of nitrogens with zero attached hydrogens (tertiary/aromatic N) is 3. The second-order valence-electron chi connectivity index (χ2n) is 5.98. The van der Waals surface area contributed by atoms with Crippen LogP contribution in [0.5, 0.6) is 11.5 Å². The zero-order valence-corrected chi connectivity index (χ0v) is 15.5. The molecule has 0 saturated heterocycles. The molecule has 0 spiro atoms. The predicted octanol–water partition coefficient (Wildman–Crippen LogP) is 4.53. The summed E-state index contributed by atoms with van der Waals surface area (Å²) in [4.78, 5) is 13.4. The molecule has 0 amide bonds. The van der Waals surface area contributed by atoms with E-state index in [0.29, 0.717) is 23.3 Å². The Bertz CT molecular complexity index is 1090. The lowest BCUT2D eigenvalue weighted by molar-refractivity contribution is 0.356. The van der Waals surface area contributed by atoms with Gasteiger partial charge in [-0.1, -0.05) is 18.2 Å². The van der Waals surface area contributed by atoms with Crippen molar-refractivity contribution in [2.24, 2.45) is 0 Å². The predicted molar refractivity (Wildman–Crippen MR) is 110 cm³/mol. The van der Waals surface area contributed by atoms with Crippen molar-refractivity contribution in [1.29, 1.82) is 0 Å². The number of hydrogen-bond acceptors (Lipinski definition) is 7. The summed E-state index contributed by atoms with van der Waals surface area (Å²) in [6.45, 7) is 0. The number of rotatable bonds is 6. The van der Waals surface area contributed by atoms with E-state index in [1.54, 1.807) is 26.6 Å². The molecule has 2 aromatic heterocycles. The molecule has 140 valence electrons. The quantitative estimate of drug-likeness (QED) is 0.514. The van der Waals surface area contributed by atoms with Crippen LogP contribution < -0.4 is 20.1 Å². The third-order valence-electron chi connectivity index (χ3n) is 4.16. The molecule has 2 heterocycles. The van der Waals surface area contributed by atoms with Gasteiger partial charge in [0.2, 0.25) is 5.95 Å². The van der Waals surface area contributed by atoms with E-state index in [4.69, 9.17) is 9.47 Å². The van der Waals surface area contributed by atoms with Crippen molar-refractivity contribution in [3.63, 3.8) is 0 Å². The molecule has 2 aromatic carbocycles. The van der Waals surface area contributed by atoms with Crippen LogP contribution in [0.25, 0.3) is 10.9 Å². The summed E-state index contributed by atoms with van der Waals surface area (Å²) >= 11 is 0. The van der Waals surface area contributed by atoms with E-state index < -0.39 is 0 Å². The lowest BCUT2D eigenvalue weighted by Crippen LogP contribution is -2.03. The maximum Gasteiger partial charge on any atom is 0.229 e. The number of anilines is 4. The number of methoxy groups -OCH3 is 2. The van der Waals surface area contributed by atoms with Gasteiger partial charge in [0.1, 0.15) is 5.82 Å². The van der Waals surface area contributed by atoms with Crippen molar-refractivity contribution in [3.05, 3.63) is 67.0 Å². The highest BCUT2D eigenvalue weighted by Crippen LogP contribution is 2.35. The average molecular weight is 373 g/mol. The Hall–Kier alpha value is -3.87. The summed E-state index contributed by atoms with van der Waals surface area (Å²) in [6.07, 6.45) is 3.43. The summed E-state index contributed by atoms with van der Waals surface area (Å²) in [7, 11) is 3.20. The largest absolute Gasteiger partial charge is 0.493 e. The summed E-state index contributed by atoms with van der Waals surface area (Å²) in [6, 6.07) is 17.3. The summed E-state index contributed by atoms with van der Waals surface area (Å²) < 4.78 is 10.9. The number of para-hydroxylation sites is 1. The van der Waals surface area contributed by atoms with Gasteiger partial charge in [0.25, 0.3) is 0 Å². The van der Waals surface area contributed by atoms with Crippen LogP contribution in [0.2, 0.25) is 0 Å². The molecule has 0 atom stereocenters. The molecule has 7 heteroatoms. The molecule has 4 aromatic rings. The Morgan fingerprint density at radius 1 is 0.786 bits per heavy atom. The molecular weight excluding hydrogens is 354 g/mol. The van der Waals surface area contributed by atoms with Gasteiger partial charge in [-0.3, -0.25) is 4.98 Å². The van der Waals surface area contributed by atoms with E-state index in [-0.39, 0.29) is 0 Å². The number of hydrogen-bond donors (Lipinski definition) is 2. The highest BCUT2D eigenvalue weighted by Gasteiger charge is 2.14. The first-order valence-electron chi connectivity index (χ1n) is 8.69. The van der Waals surface area contributed by atoms with Gasteiger partial charge < -0.3 is 20.1 Å². The minimum absolute atomic E-state index is 0.450. The smallest absolute Gasteiger partial charge is 0.229 e. The van der Waals surface area contributed by atoms with Crippen LogP contribution >= 0.6 is 0 Å². The maximum absolute atomic E-state index is 5.44. The first-order chi connectivity index (χ1) is 13.8. The van der Waals surface area contributed by atoms with Gasteiger partial charge in [-0.15, -0.1) is 0 Å². The lowest BCUT2D eigenvalue weighted by atomic mass is 10.2. The molecule has 0 aliphatic carbocycles. The molecule has 0 fully saturated rings. The van der Waals surface area contributed by atoms with Crippen LogP contribution in [0.3, 0.4) is 0 Å². The van der Waals surface area contributed by atoms with E-state index in [2.05, 4.69) is 25.6 Å². The van der Waals surface area contributed by atoms with Crippen LogP contribution in [0, 0.1) is 0 Å². The van der Waals surface area contributed by atoms with E-state index in [1.807, 2.05) is 54.6 Å². The van der Waals surface area contributed by atoms with E-state index in [1.165, 1.54) is 0 Å². The topological polar surface area (TPSA) is 81.2 Å². The normalized spacial score (nSPS) is 10.5. The number of nitrogens with one attached hydrogen (secondary N) is 2. The van der Waals surface area contributed by atoms with Gasteiger partial charge in [-0.2, -0.15) is 4.98 Å². The van der Waals surface area contributed by atoms with E-state index in [9.17, 15) is 0 Å². The summed E-state index contributed by atoms with van der Waals surface area (Å²) in [5, 5.41) is 7.37. The Kier molecular flexibility index (Phi) is 4.88. The molecule has 7 nitrogen and oxygen atoms in total. The van der Waals surface area contributed by atoms with Gasteiger partial charge in [-0.05, 0) is 30.3 Å². The fourth-order valence-corrected chi connectivity index (χ4v) is 2.83. The number of pyridine rings is 1. The van der Waals surface area contributed by atoms with Crippen LogP contribution in [-0.4, -0.2) is 29.2 Å². The molecule has 0 bridgehead atoms. The molecule has 0 radical (unpaired) electrons. The summed E-state index contributed by atoms with van der Waals surface area (Å²) in [5.41, 5.74) is 2.44. The minimum atomic E-state index is 0.450. The monoisotopic (exact) mass is 373 g/mol. The van der Waals surface area contributed by atoms with Crippen molar-refractivity contribution in [3.8, 4) is 11.5 Å². The fraction of sp³-hybridized carbons (Fsp3) is 0.0952. The van der Waals surface area contributed by atoms with E-state index in [0.717, 1.165) is 22.3 Å². The number of fused-ring (bicyclic) bond motifs is 1. The molecular formula is C21H19N5O2. The number of benzene rings is 2. The second kappa shape index (κ2) is 7.79. The van der Waals surface area contributed by atoms with Crippen LogP contribution in [0.1, 0.15) is 0 Å². The van der Waals surface area contributed by atoms with Gasteiger partial charge in [-0.25, -0.2) is 4.98 Å². The standard InChI is InChI=1S/C21H19N5O2/c1-27-18-11-16-17(12-19(18)28-2)25-21(24-15-9-6-10-22-13-15)26-20(16)23-14-7-4-3-5-8-14/h3-13H,1-2H3,(H2,23,24,25,26). The molecule has 0 aliphatic heterocycles. The van der Waals surface area contributed by atoms with Gasteiger partial charge >= 0.3 is 0 Å². The Morgan fingerprint density at radius 3 is 2.25 bits per heavy atom. The Balaban J connectivity index is 1.84. The highest BCUT2D eigenvalue weighted by atomic mass is 16.5. The van der Waals surface area contributed by atoms with Crippen molar-refractivity contribution in [1.82, 2.24) is 15.0 Å².